The molecule has 0 aromatic rings. The van der Waals surface area contributed by atoms with Crippen LogP contribution in [0.2, 0.25) is 0 Å². The highest BCUT2D eigenvalue weighted by Gasteiger charge is 1.69. The van der Waals surface area contributed by atoms with Gasteiger partial charge in [-0.15, -0.1) is 6.58 Å². The minimum absolute atomic E-state index is 0.466. The van der Waals surface area contributed by atoms with E-state index in [0.717, 1.165) is 0 Å². The lowest BCUT2D eigenvalue weighted by Crippen LogP contribution is -2.09. The van der Waals surface area contributed by atoms with E-state index in [2.05, 4.69) is 11.9 Å². The second kappa shape index (κ2) is 4.63. The molecule has 0 aliphatic heterocycles. The minimum Gasteiger partial charge on any atom is -0.287 e. The van der Waals surface area contributed by atoms with Gasteiger partial charge in [0.05, 0.1) is 0 Å². The first kappa shape index (κ1) is 5.63. The van der Waals surface area contributed by atoms with Crippen molar-refractivity contribution < 1.29 is 4.39 Å². The summed E-state index contributed by atoms with van der Waals surface area (Å²) in [7, 11) is 0. The van der Waals surface area contributed by atoms with E-state index in [1.807, 2.05) is 0 Å². The summed E-state index contributed by atoms with van der Waals surface area (Å²) in [6, 6.07) is 0. The van der Waals surface area contributed by atoms with Gasteiger partial charge < -0.3 is 0 Å². The van der Waals surface area contributed by atoms with Gasteiger partial charge >= 0.3 is 0 Å². The van der Waals surface area contributed by atoms with Crippen LogP contribution in [0.4, 0.5) is 4.39 Å². The highest BCUT2D eigenvalue weighted by molar-refractivity contribution is 4.67. The van der Waals surface area contributed by atoms with Gasteiger partial charge in [-0.3, -0.25) is 5.32 Å². The maximum absolute atomic E-state index is 11.0. The lowest BCUT2D eigenvalue weighted by molar-refractivity contribution is 0.441. The van der Waals surface area contributed by atoms with Crippen molar-refractivity contribution in [3.63, 3.8) is 0 Å². The lowest BCUT2D eigenvalue weighted by Gasteiger charge is -1.85. The standard InChI is InChI=1S/C4H8FN/c1-2-3-6-4-5/h2,6H,1,3-4H2. The Bertz CT molecular complexity index is 36.5. The molecule has 0 amide bonds. The molecule has 1 nitrogen and oxygen atoms in total. The molecule has 1 N–H and O–H groups in total. The Labute approximate surface area is 36.9 Å². The molecule has 0 atom stereocenters. The molecular formula is C4H8FN. The van der Waals surface area contributed by atoms with Gasteiger partial charge in [0, 0.05) is 6.54 Å². The van der Waals surface area contributed by atoms with Gasteiger partial charge in [0.2, 0.25) is 0 Å². The fourth-order valence-electron chi connectivity index (χ4n) is 0.157. The molecule has 0 saturated heterocycles. The quantitative estimate of drug-likeness (QED) is 0.305. The van der Waals surface area contributed by atoms with E-state index in [-0.39, 0.29) is 0 Å². The summed E-state index contributed by atoms with van der Waals surface area (Å²) in [5.41, 5.74) is 0. The Morgan fingerprint density at radius 3 is 2.67 bits per heavy atom. The third-order valence-electron chi connectivity index (χ3n) is 0.383. The Morgan fingerprint density at radius 1 is 1.83 bits per heavy atom. The molecule has 0 unspecified atom stereocenters. The SMILES string of the molecule is C=CCNCF. The van der Waals surface area contributed by atoms with Crippen molar-refractivity contribution in [3.8, 4) is 0 Å². The lowest BCUT2D eigenvalue weighted by atomic mass is 10.6. The molecule has 0 heterocycles. The van der Waals surface area contributed by atoms with Crippen LogP contribution in [0.25, 0.3) is 0 Å². The third kappa shape index (κ3) is 3.63. The monoisotopic (exact) mass is 89.1 g/mol. The van der Waals surface area contributed by atoms with Gasteiger partial charge in [-0.2, -0.15) is 0 Å². The zero-order valence-corrected chi connectivity index (χ0v) is 3.58. The average Bonchev–Trinajstić information content (AvgIpc) is 1.61. The highest BCUT2D eigenvalue weighted by Crippen LogP contribution is 1.58. The zero-order valence-electron chi connectivity index (χ0n) is 3.58. The molecule has 0 spiro atoms. The van der Waals surface area contributed by atoms with E-state index >= 15 is 0 Å². The van der Waals surface area contributed by atoms with Crippen molar-refractivity contribution >= 4 is 0 Å². The van der Waals surface area contributed by atoms with E-state index in [0.29, 0.717) is 6.54 Å². The van der Waals surface area contributed by atoms with Crippen LogP contribution >= 0.6 is 0 Å². The van der Waals surface area contributed by atoms with Gasteiger partial charge in [-0.05, 0) is 0 Å². The number of rotatable bonds is 3. The number of hydrogen-bond donors (Lipinski definition) is 1. The predicted molar refractivity (Wildman–Crippen MR) is 24.2 cm³/mol. The summed E-state index contributed by atoms with van der Waals surface area (Å²) in [5.74, 6) is 0. The summed E-state index contributed by atoms with van der Waals surface area (Å²) in [6.45, 7) is 3.45. The van der Waals surface area contributed by atoms with E-state index in [9.17, 15) is 4.39 Å². The molecule has 0 saturated carbocycles. The Kier molecular flexibility index (Phi) is 4.34. The number of alkyl halides is 1. The van der Waals surface area contributed by atoms with Gasteiger partial charge in [0.15, 0.2) is 0 Å². The molecule has 0 aliphatic carbocycles. The van der Waals surface area contributed by atoms with Crippen molar-refractivity contribution in [1.82, 2.24) is 5.32 Å². The van der Waals surface area contributed by atoms with Crippen molar-refractivity contribution in [2.75, 3.05) is 13.3 Å². The first-order valence-electron chi connectivity index (χ1n) is 1.79. The molecule has 0 fully saturated rings. The van der Waals surface area contributed by atoms with Gasteiger partial charge in [0.25, 0.3) is 0 Å². The van der Waals surface area contributed by atoms with Crippen LogP contribution in [-0.2, 0) is 0 Å². The third-order valence-corrected chi connectivity index (χ3v) is 0.383. The molecule has 6 heavy (non-hydrogen) atoms. The Hall–Kier alpha value is -0.370. The maximum Gasteiger partial charge on any atom is 0.140 e. The molecule has 0 aliphatic rings. The molecule has 36 valence electrons. The summed E-state index contributed by atoms with van der Waals surface area (Å²) in [6.07, 6.45) is 1.61. The topological polar surface area (TPSA) is 12.0 Å². The summed E-state index contributed by atoms with van der Waals surface area (Å²) < 4.78 is 11.0. The molecule has 0 rings (SSSR count). The van der Waals surface area contributed by atoms with Gasteiger partial charge in [-0.1, -0.05) is 6.08 Å². The summed E-state index contributed by atoms with van der Waals surface area (Å²) in [5, 5.41) is 2.41. The van der Waals surface area contributed by atoms with Crippen molar-refractivity contribution in [2.24, 2.45) is 0 Å². The van der Waals surface area contributed by atoms with E-state index < -0.39 is 6.80 Å². The summed E-state index contributed by atoms with van der Waals surface area (Å²) >= 11 is 0. The molecule has 0 bridgehead atoms. The Morgan fingerprint density at radius 2 is 2.50 bits per heavy atom. The Balaban J connectivity index is 2.49. The van der Waals surface area contributed by atoms with Crippen LogP contribution in [0, 0.1) is 0 Å². The number of nitrogens with one attached hydrogen (secondary N) is 1. The van der Waals surface area contributed by atoms with Crippen molar-refractivity contribution in [1.29, 1.82) is 0 Å². The predicted octanol–water partition coefficient (Wildman–Crippen LogP) is 0.689. The normalized spacial score (nSPS) is 8.17. The van der Waals surface area contributed by atoms with Gasteiger partial charge in [-0.25, -0.2) is 4.39 Å². The fraction of sp³-hybridized carbons (Fsp3) is 0.500. The average molecular weight is 89.1 g/mol. The van der Waals surface area contributed by atoms with Crippen LogP contribution in [0.5, 0.6) is 0 Å². The molecule has 0 aromatic carbocycles. The van der Waals surface area contributed by atoms with E-state index in [1.165, 1.54) is 0 Å². The first-order chi connectivity index (χ1) is 2.91. The second-order valence-electron chi connectivity index (χ2n) is 0.876. The van der Waals surface area contributed by atoms with E-state index in [4.69, 9.17) is 0 Å². The van der Waals surface area contributed by atoms with Crippen molar-refractivity contribution in [2.45, 2.75) is 0 Å². The van der Waals surface area contributed by atoms with Gasteiger partial charge in [0.1, 0.15) is 6.80 Å². The minimum atomic E-state index is -0.466. The largest absolute Gasteiger partial charge is 0.287 e. The van der Waals surface area contributed by atoms with Crippen LogP contribution < -0.4 is 5.32 Å². The number of halogens is 1. The van der Waals surface area contributed by atoms with E-state index in [1.54, 1.807) is 6.08 Å². The summed E-state index contributed by atoms with van der Waals surface area (Å²) in [4.78, 5) is 0. The molecule has 0 radical (unpaired) electrons. The molecule has 2 heteroatoms. The highest BCUT2D eigenvalue weighted by atomic mass is 19.1. The van der Waals surface area contributed by atoms with Crippen LogP contribution in [-0.4, -0.2) is 13.3 Å². The second-order valence-corrected chi connectivity index (χ2v) is 0.876. The van der Waals surface area contributed by atoms with Crippen molar-refractivity contribution in [3.05, 3.63) is 12.7 Å². The van der Waals surface area contributed by atoms with Crippen LogP contribution in [0.1, 0.15) is 0 Å². The fourth-order valence-corrected chi connectivity index (χ4v) is 0.157. The maximum atomic E-state index is 11.0. The molecule has 0 aromatic heterocycles. The van der Waals surface area contributed by atoms with Crippen LogP contribution in [0.15, 0.2) is 12.7 Å². The van der Waals surface area contributed by atoms with Crippen LogP contribution in [0.3, 0.4) is 0 Å². The first-order valence-corrected chi connectivity index (χ1v) is 1.79. The molecular weight excluding hydrogens is 81.0 g/mol. The number of hydrogen-bond acceptors (Lipinski definition) is 1. The smallest absolute Gasteiger partial charge is 0.140 e. The zero-order chi connectivity index (χ0) is 4.83.